The van der Waals surface area contributed by atoms with Crippen molar-refractivity contribution in [2.45, 2.75) is 65.4 Å². The third-order valence-electron chi connectivity index (χ3n) is 3.63. The van der Waals surface area contributed by atoms with Gasteiger partial charge in [-0.05, 0) is 50.6 Å². The van der Waals surface area contributed by atoms with Crippen molar-refractivity contribution < 1.29 is 4.74 Å². The molecule has 1 atom stereocenters. The summed E-state index contributed by atoms with van der Waals surface area (Å²) in [7, 11) is 0. The molecule has 16 heavy (non-hydrogen) atoms. The molecule has 2 heteroatoms. The van der Waals surface area contributed by atoms with Crippen molar-refractivity contribution in [1.29, 1.82) is 0 Å². The van der Waals surface area contributed by atoms with Crippen LogP contribution in [0.15, 0.2) is 0 Å². The predicted octanol–water partition coefficient (Wildman–Crippen LogP) is 3.36. The summed E-state index contributed by atoms with van der Waals surface area (Å²) < 4.78 is 5.65. The predicted molar refractivity (Wildman–Crippen MR) is 69.8 cm³/mol. The minimum absolute atomic E-state index is 0.487. The fraction of sp³-hybridized carbons (Fsp3) is 1.00. The van der Waals surface area contributed by atoms with Crippen molar-refractivity contribution in [3.63, 3.8) is 0 Å². The highest BCUT2D eigenvalue weighted by atomic mass is 16.5. The van der Waals surface area contributed by atoms with E-state index >= 15 is 0 Å². The van der Waals surface area contributed by atoms with Gasteiger partial charge in [-0.3, -0.25) is 0 Å². The average Bonchev–Trinajstić information content (AvgIpc) is 2.70. The maximum atomic E-state index is 5.65. The molecule has 2 nitrogen and oxygen atoms in total. The molecule has 0 saturated carbocycles. The van der Waals surface area contributed by atoms with Gasteiger partial charge in [-0.25, -0.2) is 0 Å². The van der Waals surface area contributed by atoms with E-state index in [2.05, 4.69) is 26.1 Å². The van der Waals surface area contributed by atoms with Crippen LogP contribution in [0.1, 0.15) is 59.3 Å². The number of hydrogen-bond acceptors (Lipinski definition) is 2. The van der Waals surface area contributed by atoms with Crippen LogP contribution in [-0.2, 0) is 4.74 Å². The van der Waals surface area contributed by atoms with Crippen LogP contribution >= 0.6 is 0 Å². The van der Waals surface area contributed by atoms with Gasteiger partial charge in [-0.15, -0.1) is 0 Å². The lowest BCUT2D eigenvalue weighted by Crippen LogP contribution is -2.22. The quantitative estimate of drug-likeness (QED) is 0.642. The van der Waals surface area contributed by atoms with Gasteiger partial charge < -0.3 is 10.1 Å². The first-order valence-corrected chi connectivity index (χ1v) is 6.96. The zero-order valence-electron chi connectivity index (χ0n) is 11.3. The second-order valence-corrected chi connectivity index (χ2v) is 5.80. The highest BCUT2D eigenvalue weighted by Gasteiger charge is 2.19. The van der Waals surface area contributed by atoms with Gasteiger partial charge in [0.05, 0.1) is 6.10 Å². The molecule has 1 fully saturated rings. The highest BCUT2D eigenvalue weighted by molar-refractivity contribution is 4.72. The van der Waals surface area contributed by atoms with E-state index in [9.17, 15) is 0 Å². The smallest absolute Gasteiger partial charge is 0.0576 e. The summed E-state index contributed by atoms with van der Waals surface area (Å²) in [6, 6.07) is 0. The first-order valence-electron chi connectivity index (χ1n) is 6.96. The first-order chi connectivity index (χ1) is 7.64. The molecule has 1 aliphatic heterocycles. The monoisotopic (exact) mass is 227 g/mol. The molecular weight excluding hydrogens is 198 g/mol. The van der Waals surface area contributed by atoms with Crippen molar-refractivity contribution in [3.8, 4) is 0 Å². The van der Waals surface area contributed by atoms with Crippen LogP contribution in [0.3, 0.4) is 0 Å². The van der Waals surface area contributed by atoms with Crippen molar-refractivity contribution in [3.05, 3.63) is 0 Å². The molecule has 0 radical (unpaired) electrons. The van der Waals surface area contributed by atoms with E-state index < -0.39 is 0 Å². The van der Waals surface area contributed by atoms with Crippen LogP contribution in [-0.4, -0.2) is 25.8 Å². The Kier molecular flexibility index (Phi) is 6.37. The molecule has 1 unspecified atom stereocenters. The van der Waals surface area contributed by atoms with Crippen molar-refractivity contribution in [1.82, 2.24) is 5.32 Å². The molecule has 0 spiro atoms. The Labute approximate surface area is 101 Å². The lowest BCUT2D eigenvalue weighted by molar-refractivity contribution is 0.0983. The molecule has 1 N–H and O–H groups in total. The van der Waals surface area contributed by atoms with E-state index in [1.165, 1.54) is 38.5 Å². The fourth-order valence-corrected chi connectivity index (χ4v) is 2.41. The van der Waals surface area contributed by atoms with Crippen LogP contribution in [0, 0.1) is 5.41 Å². The molecule has 1 aliphatic rings. The van der Waals surface area contributed by atoms with E-state index in [0.717, 1.165) is 19.7 Å². The zero-order valence-corrected chi connectivity index (χ0v) is 11.3. The summed E-state index contributed by atoms with van der Waals surface area (Å²) in [5.74, 6) is 0. The van der Waals surface area contributed by atoms with Crippen molar-refractivity contribution >= 4 is 0 Å². The molecule has 1 saturated heterocycles. The van der Waals surface area contributed by atoms with Crippen molar-refractivity contribution in [2.75, 3.05) is 19.7 Å². The van der Waals surface area contributed by atoms with Crippen LogP contribution in [0.25, 0.3) is 0 Å². The topological polar surface area (TPSA) is 21.3 Å². The number of nitrogens with one attached hydrogen (secondary N) is 1. The van der Waals surface area contributed by atoms with Gasteiger partial charge in [0.15, 0.2) is 0 Å². The summed E-state index contributed by atoms with van der Waals surface area (Å²) in [6.07, 6.45) is 8.34. The second kappa shape index (κ2) is 7.29. The van der Waals surface area contributed by atoms with Gasteiger partial charge in [-0.2, -0.15) is 0 Å². The summed E-state index contributed by atoms with van der Waals surface area (Å²) >= 11 is 0. The maximum absolute atomic E-state index is 5.65. The van der Waals surface area contributed by atoms with E-state index in [4.69, 9.17) is 4.74 Å². The molecule has 96 valence electrons. The maximum Gasteiger partial charge on any atom is 0.0576 e. The normalized spacial score (nSPS) is 21.6. The van der Waals surface area contributed by atoms with E-state index in [1.807, 2.05) is 0 Å². The van der Waals surface area contributed by atoms with Gasteiger partial charge in [0, 0.05) is 6.61 Å². The molecular formula is C14H29NO. The lowest BCUT2D eigenvalue weighted by atomic mass is 9.83. The van der Waals surface area contributed by atoms with Gasteiger partial charge in [0.2, 0.25) is 0 Å². The minimum atomic E-state index is 0.487. The number of hydrogen-bond donors (Lipinski definition) is 1. The average molecular weight is 227 g/mol. The van der Waals surface area contributed by atoms with E-state index in [0.29, 0.717) is 11.5 Å². The summed E-state index contributed by atoms with van der Waals surface area (Å²) in [5.41, 5.74) is 0.487. The third kappa shape index (κ3) is 5.86. The second-order valence-electron chi connectivity index (χ2n) is 5.80. The molecule has 1 rings (SSSR count). The molecule has 0 bridgehead atoms. The standard InChI is InChI=1S/C14H29NO/c1-4-15-11-10-14(2,3)9-5-7-13-8-6-12-16-13/h13,15H,4-12H2,1-3H3. The Morgan fingerprint density at radius 3 is 2.75 bits per heavy atom. The van der Waals surface area contributed by atoms with Crippen molar-refractivity contribution in [2.24, 2.45) is 5.41 Å². The molecule has 0 aromatic heterocycles. The number of rotatable bonds is 8. The molecule has 0 amide bonds. The van der Waals surface area contributed by atoms with Gasteiger partial charge in [0.25, 0.3) is 0 Å². The summed E-state index contributed by atoms with van der Waals surface area (Å²) in [6.45, 7) is 10.2. The minimum Gasteiger partial charge on any atom is -0.378 e. The largest absolute Gasteiger partial charge is 0.378 e. The van der Waals surface area contributed by atoms with E-state index in [1.54, 1.807) is 0 Å². The first kappa shape index (κ1) is 14.0. The Morgan fingerprint density at radius 1 is 1.31 bits per heavy atom. The van der Waals surface area contributed by atoms with Crippen LogP contribution in [0.5, 0.6) is 0 Å². The van der Waals surface area contributed by atoms with Gasteiger partial charge in [-0.1, -0.05) is 27.2 Å². The van der Waals surface area contributed by atoms with Gasteiger partial charge >= 0.3 is 0 Å². The van der Waals surface area contributed by atoms with Crippen LogP contribution < -0.4 is 5.32 Å². The van der Waals surface area contributed by atoms with Crippen LogP contribution in [0.4, 0.5) is 0 Å². The van der Waals surface area contributed by atoms with Gasteiger partial charge in [0.1, 0.15) is 0 Å². The molecule has 0 aromatic rings. The Morgan fingerprint density at radius 2 is 2.12 bits per heavy atom. The lowest BCUT2D eigenvalue weighted by Gasteiger charge is -2.25. The summed E-state index contributed by atoms with van der Waals surface area (Å²) in [4.78, 5) is 0. The fourth-order valence-electron chi connectivity index (χ4n) is 2.41. The van der Waals surface area contributed by atoms with Crippen LogP contribution in [0.2, 0.25) is 0 Å². The number of ether oxygens (including phenoxy) is 1. The zero-order chi connectivity index (χ0) is 11.9. The SMILES string of the molecule is CCNCCC(C)(C)CCCC1CCCO1. The Hall–Kier alpha value is -0.0800. The molecule has 0 aliphatic carbocycles. The molecule has 1 heterocycles. The highest BCUT2D eigenvalue weighted by Crippen LogP contribution is 2.28. The summed E-state index contributed by atoms with van der Waals surface area (Å²) in [5, 5.41) is 3.41. The van der Waals surface area contributed by atoms with E-state index in [-0.39, 0.29) is 0 Å². The Bertz CT molecular complexity index is 174. The third-order valence-corrected chi connectivity index (χ3v) is 3.63. The molecule has 0 aromatic carbocycles. The Balaban J connectivity index is 2.04.